The number of halogens is 1. The lowest BCUT2D eigenvalue weighted by Gasteiger charge is -2.15. The molecule has 3 aromatic rings. The molecule has 1 atom stereocenters. The molecule has 9 heteroatoms. The van der Waals surface area contributed by atoms with E-state index in [1.165, 1.54) is 10.9 Å². The van der Waals surface area contributed by atoms with Crippen molar-refractivity contribution in [1.82, 2.24) is 9.55 Å². The number of carbonyl (C=O) groups excluding carboxylic acids is 2. The summed E-state index contributed by atoms with van der Waals surface area (Å²) >= 11 is 7.18. The fourth-order valence-corrected chi connectivity index (χ4v) is 4.01. The van der Waals surface area contributed by atoms with Gasteiger partial charge in [-0.2, -0.15) is 0 Å². The standard InChI is InChI=1S/C20H20ClN3O4S/c1-10(2)28-20(27)16-11(3)15-18(29-16)22-9-24(19(15)26)12(4)17(25)23-14-8-6-5-7-13(14)21/h5-10,12H,1-4H3,(H,23,25). The second-order valence-electron chi connectivity index (χ2n) is 6.79. The second-order valence-corrected chi connectivity index (χ2v) is 8.20. The number of para-hydroxylation sites is 1. The smallest absolute Gasteiger partial charge is 0.348 e. The van der Waals surface area contributed by atoms with Crippen LogP contribution < -0.4 is 10.9 Å². The summed E-state index contributed by atoms with van der Waals surface area (Å²) in [5.41, 5.74) is 0.564. The zero-order valence-corrected chi connectivity index (χ0v) is 17.9. The number of thiophene rings is 1. The molecule has 0 aliphatic heterocycles. The number of carbonyl (C=O) groups is 2. The molecule has 0 bridgehead atoms. The largest absolute Gasteiger partial charge is 0.459 e. The highest BCUT2D eigenvalue weighted by molar-refractivity contribution is 7.20. The normalized spacial score (nSPS) is 12.2. The molecule has 0 saturated carbocycles. The minimum Gasteiger partial charge on any atom is -0.459 e. The van der Waals surface area contributed by atoms with Gasteiger partial charge in [-0.15, -0.1) is 11.3 Å². The zero-order chi connectivity index (χ0) is 21.3. The number of ether oxygens (including phenoxy) is 1. The van der Waals surface area contributed by atoms with Crippen LogP contribution in [0.3, 0.4) is 0 Å². The first kappa shape index (κ1) is 21.0. The molecular weight excluding hydrogens is 414 g/mol. The van der Waals surface area contributed by atoms with E-state index in [0.29, 0.717) is 31.4 Å². The number of hydrogen-bond donors (Lipinski definition) is 1. The topological polar surface area (TPSA) is 90.3 Å². The average Bonchev–Trinajstić information content (AvgIpc) is 3.00. The van der Waals surface area contributed by atoms with Crippen molar-refractivity contribution >= 4 is 50.7 Å². The fraction of sp³-hybridized carbons (Fsp3) is 0.300. The SMILES string of the molecule is Cc1c(C(=O)OC(C)C)sc2ncn(C(C)C(=O)Nc3ccccc3Cl)c(=O)c12. The summed E-state index contributed by atoms with van der Waals surface area (Å²) < 4.78 is 6.48. The van der Waals surface area contributed by atoms with Crippen LogP contribution in [-0.2, 0) is 9.53 Å². The number of benzene rings is 1. The Hall–Kier alpha value is -2.71. The maximum Gasteiger partial charge on any atom is 0.348 e. The molecule has 0 saturated heterocycles. The number of amides is 1. The van der Waals surface area contributed by atoms with Crippen molar-refractivity contribution in [3.8, 4) is 0 Å². The summed E-state index contributed by atoms with van der Waals surface area (Å²) in [5.74, 6) is -0.898. The van der Waals surface area contributed by atoms with Gasteiger partial charge in [0.25, 0.3) is 5.56 Å². The highest BCUT2D eigenvalue weighted by Crippen LogP contribution is 2.28. The van der Waals surface area contributed by atoms with Crippen molar-refractivity contribution in [2.24, 2.45) is 0 Å². The molecule has 1 aromatic carbocycles. The molecule has 0 aliphatic rings. The summed E-state index contributed by atoms with van der Waals surface area (Å²) in [4.78, 5) is 43.0. The van der Waals surface area contributed by atoms with Crippen LogP contribution in [0, 0.1) is 6.92 Å². The molecule has 7 nitrogen and oxygen atoms in total. The van der Waals surface area contributed by atoms with E-state index < -0.39 is 23.5 Å². The van der Waals surface area contributed by atoms with Crippen LogP contribution in [0.1, 0.15) is 42.0 Å². The summed E-state index contributed by atoms with van der Waals surface area (Å²) in [6, 6.07) is 6.01. The van der Waals surface area contributed by atoms with Crippen molar-refractivity contribution in [3.05, 3.63) is 56.4 Å². The van der Waals surface area contributed by atoms with E-state index >= 15 is 0 Å². The van der Waals surface area contributed by atoms with E-state index in [1.54, 1.807) is 52.0 Å². The Morgan fingerprint density at radius 2 is 1.93 bits per heavy atom. The minimum absolute atomic E-state index is 0.273. The van der Waals surface area contributed by atoms with Crippen molar-refractivity contribution in [1.29, 1.82) is 0 Å². The summed E-state index contributed by atoms with van der Waals surface area (Å²) in [6.45, 7) is 6.78. The van der Waals surface area contributed by atoms with E-state index in [0.717, 1.165) is 11.3 Å². The number of nitrogens with one attached hydrogen (secondary N) is 1. The fourth-order valence-electron chi connectivity index (χ4n) is 2.80. The van der Waals surface area contributed by atoms with Crippen LogP contribution in [-0.4, -0.2) is 27.5 Å². The maximum atomic E-state index is 13.0. The first-order chi connectivity index (χ1) is 13.7. The molecule has 0 spiro atoms. The predicted octanol–water partition coefficient (Wildman–Crippen LogP) is 4.18. The third-order valence-corrected chi connectivity index (χ3v) is 5.84. The lowest BCUT2D eigenvalue weighted by molar-refractivity contribution is -0.118. The van der Waals surface area contributed by atoms with Crippen LogP contribution in [0.25, 0.3) is 10.2 Å². The lowest BCUT2D eigenvalue weighted by Crippen LogP contribution is -2.31. The third kappa shape index (κ3) is 4.18. The molecule has 1 N–H and O–H groups in total. The van der Waals surface area contributed by atoms with E-state index in [2.05, 4.69) is 10.3 Å². The molecule has 1 amide bonds. The van der Waals surface area contributed by atoms with Gasteiger partial charge in [-0.05, 0) is 45.4 Å². The molecule has 0 fully saturated rings. The molecule has 3 rings (SSSR count). The Morgan fingerprint density at radius 1 is 1.24 bits per heavy atom. The molecule has 2 heterocycles. The predicted molar refractivity (Wildman–Crippen MR) is 114 cm³/mol. The Morgan fingerprint density at radius 3 is 2.59 bits per heavy atom. The molecular formula is C20H20ClN3O4S. The van der Waals surface area contributed by atoms with Crippen molar-refractivity contribution in [2.75, 3.05) is 5.32 Å². The highest BCUT2D eigenvalue weighted by atomic mass is 35.5. The minimum atomic E-state index is -0.832. The van der Waals surface area contributed by atoms with Crippen LogP contribution in [0.2, 0.25) is 5.02 Å². The first-order valence-electron chi connectivity index (χ1n) is 8.97. The number of rotatable bonds is 5. The molecule has 2 aromatic heterocycles. The zero-order valence-electron chi connectivity index (χ0n) is 16.4. The second kappa shape index (κ2) is 8.34. The van der Waals surface area contributed by atoms with Gasteiger partial charge in [0.2, 0.25) is 5.91 Å². The Bertz CT molecular complexity index is 1150. The van der Waals surface area contributed by atoms with Gasteiger partial charge in [-0.1, -0.05) is 23.7 Å². The molecule has 0 aliphatic carbocycles. The van der Waals surface area contributed by atoms with E-state index in [-0.39, 0.29) is 6.10 Å². The average molecular weight is 434 g/mol. The van der Waals surface area contributed by atoms with Gasteiger partial charge >= 0.3 is 5.97 Å². The summed E-state index contributed by atoms with van der Waals surface area (Å²) in [7, 11) is 0. The molecule has 152 valence electrons. The van der Waals surface area contributed by atoms with Gasteiger partial charge in [-0.3, -0.25) is 14.2 Å². The Kier molecular flexibility index (Phi) is 6.04. The van der Waals surface area contributed by atoms with Gasteiger partial charge in [0, 0.05) is 0 Å². The third-order valence-electron chi connectivity index (χ3n) is 4.33. The number of aryl methyl sites for hydroxylation is 1. The van der Waals surface area contributed by atoms with Gasteiger partial charge in [0.1, 0.15) is 15.7 Å². The van der Waals surface area contributed by atoms with E-state index in [1.807, 2.05) is 0 Å². The van der Waals surface area contributed by atoms with Gasteiger partial charge in [0.05, 0.1) is 28.5 Å². The summed E-state index contributed by atoms with van der Waals surface area (Å²) in [6.07, 6.45) is 1.04. The maximum absolute atomic E-state index is 13.0. The number of aromatic nitrogens is 2. The number of nitrogens with zero attached hydrogens (tertiary/aromatic N) is 2. The molecule has 0 radical (unpaired) electrons. The number of esters is 1. The van der Waals surface area contributed by atoms with Crippen LogP contribution in [0.4, 0.5) is 5.69 Å². The van der Waals surface area contributed by atoms with Crippen molar-refractivity contribution in [3.63, 3.8) is 0 Å². The van der Waals surface area contributed by atoms with Gasteiger partial charge < -0.3 is 10.1 Å². The molecule has 1 unspecified atom stereocenters. The lowest BCUT2D eigenvalue weighted by atomic mass is 10.2. The number of anilines is 1. The van der Waals surface area contributed by atoms with Gasteiger partial charge in [-0.25, -0.2) is 9.78 Å². The number of hydrogen-bond acceptors (Lipinski definition) is 6. The van der Waals surface area contributed by atoms with Crippen molar-refractivity contribution in [2.45, 2.75) is 39.8 Å². The summed E-state index contributed by atoms with van der Waals surface area (Å²) in [5, 5.41) is 3.42. The van der Waals surface area contributed by atoms with Crippen molar-refractivity contribution < 1.29 is 14.3 Å². The van der Waals surface area contributed by atoms with Crippen LogP contribution >= 0.6 is 22.9 Å². The quantitative estimate of drug-likeness (QED) is 0.609. The van der Waals surface area contributed by atoms with Crippen LogP contribution in [0.15, 0.2) is 35.4 Å². The van der Waals surface area contributed by atoms with E-state index in [9.17, 15) is 14.4 Å². The first-order valence-corrected chi connectivity index (χ1v) is 10.2. The monoisotopic (exact) mass is 433 g/mol. The van der Waals surface area contributed by atoms with Gasteiger partial charge in [0.15, 0.2) is 0 Å². The molecule has 29 heavy (non-hydrogen) atoms. The Labute approximate surface area is 176 Å². The highest BCUT2D eigenvalue weighted by Gasteiger charge is 2.24. The Balaban J connectivity index is 1.96. The van der Waals surface area contributed by atoms with Crippen LogP contribution in [0.5, 0.6) is 0 Å². The number of fused-ring (bicyclic) bond motifs is 1. The van der Waals surface area contributed by atoms with E-state index in [4.69, 9.17) is 16.3 Å².